The van der Waals surface area contributed by atoms with E-state index in [0.717, 1.165) is 24.1 Å². The maximum atomic E-state index is 11.8. The molecular weight excluding hydrogens is 274 g/mol. The third-order valence-electron chi connectivity index (χ3n) is 3.75. The van der Waals surface area contributed by atoms with Crippen LogP contribution in [0.15, 0.2) is 30.3 Å². The highest BCUT2D eigenvalue weighted by Gasteiger charge is 2.00. The Hall–Kier alpha value is -1.77. The largest absolute Gasteiger partial charge is 0.508 e. The van der Waals surface area contributed by atoms with E-state index in [1.165, 1.54) is 38.5 Å². The number of amides is 1. The second-order valence-electron chi connectivity index (χ2n) is 5.79. The van der Waals surface area contributed by atoms with Crippen molar-refractivity contribution in [3.63, 3.8) is 0 Å². The van der Waals surface area contributed by atoms with Crippen LogP contribution in [0.3, 0.4) is 0 Å². The zero-order chi connectivity index (χ0) is 16.2. The molecule has 0 aliphatic rings. The molecule has 122 valence electrons. The predicted molar refractivity (Wildman–Crippen MR) is 92.8 cm³/mol. The molecule has 0 unspecified atom stereocenters. The van der Waals surface area contributed by atoms with Gasteiger partial charge in [-0.15, -0.1) is 0 Å². The van der Waals surface area contributed by atoms with Crippen molar-refractivity contribution in [2.24, 2.45) is 0 Å². The van der Waals surface area contributed by atoms with E-state index in [-0.39, 0.29) is 11.7 Å². The fraction of sp³-hybridized carbons (Fsp3) is 0.526. The number of hydrogen-bond donors (Lipinski definition) is 2. The van der Waals surface area contributed by atoms with Gasteiger partial charge in [0.2, 0.25) is 5.91 Å². The van der Waals surface area contributed by atoms with Gasteiger partial charge in [-0.05, 0) is 36.6 Å². The van der Waals surface area contributed by atoms with Crippen molar-refractivity contribution in [3.05, 3.63) is 35.9 Å². The van der Waals surface area contributed by atoms with Gasteiger partial charge in [0.25, 0.3) is 0 Å². The average molecular weight is 303 g/mol. The summed E-state index contributed by atoms with van der Waals surface area (Å²) >= 11 is 0. The summed E-state index contributed by atoms with van der Waals surface area (Å²) in [4.78, 5) is 11.8. The Bertz CT molecular complexity index is 463. The van der Waals surface area contributed by atoms with Crippen LogP contribution in [-0.4, -0.2) is 17.6 Å². The number of rotatable bonds is 10. The summed E-state index contributed by atoms with van der Waals surface area (Å²) in [5.74, 6) is 0.191. The first-order chi connectivity index (χ1) is 10.6. The number of phenolic OH excluding ortho intramolecular Hbond substituents is 1. The van der Waals surface area contributed by atoms with Gasteiger partial charge < -0.3 is 10.4 Å². The molecule has 1 aromatic rings. The first-order valence-electron chi connectivity index (χ1n) is 8.39. The zero-order valence-electron chi connectivity index (χ0n) is 13.9. The number of phenols is 1. The minimum absolute atomic E-state index is 0.0449. The molecule has 0 bridgehead atoms. The number of hydrogen-bond acceptors (Lipinski definition) is 2. The van der Waals surface area contributed by atoms with E-state index in [1.807, 2.05) is 19.1 Å². The van der Waals surface area contributed by atoms with E-state index >= 15 is 0 Å². The highest BCUT2D eigenvalue weighted by Crippen LogP contribution is 2.17. The zero-order valence-corrected chi connectivity index (χ0v) is 13.9. The minimum atomic E-state index is -0.0449. The normalized spacial score (nSPS) is 11.5. The van der Waals surface area contributed by atoms with Gasteiger partial charge in [0, 0.05) is 12.6 Å². The molecule has 0 aliphatic heterocycles. The molecular formula is C19H29NO2. The SMILES string of the molecule is CCCCCCCCCNC(=O)/C=C(/C)c1ccc(O)cc1. The number of allylic oxidation sites excluding steroid dienone is 1. The van der Waals surface area contributed by atoms with Crippen LogP contribution in [0.2, 0.25) is 0 Å². The topological polar surface area (TPSA) is 49.3 Å². The highest BCUT2D eigenvalue weighted by molar-refractivity contribution is 5.94. The summed E-state index contributed by atoms with van der Waals surface area (Å²) in [5.41, 5.74) is 1.85. The Morgan fingerprint density at radius 1 is 1.05 bits per heavy atom. The number of carbonyl (C=O) groups is 1. The van der Waals surface area contributed by atoms with Gasteiger partial charge in [-0.3, -0.25) is 4.79 Å². The molecule has 3 heteroatoms. The Balaban J connectivity index is 2.19. The first kappa shape index (κ1) is 18.3. The van der Waals surface area contributed by atoms with E-state index in [4.69, 9.17) is 0 Å². The van der Waals surface area contributed by atoms with Crippen LogP contribution < -0.4 is 5.32 Å². The summed E-state index contributed by atoms with van der Waals surface area (Å²) in [5, 5.41) is 12.2. The third kappa shape index (κ3) is 7.87. The number of carbonyl (C=O) groups excluding carboxylic acids is 1. The van der Waals surface area contributed by atoms with Crippen molar-refractivity contribution in [2.75, 3.05) is 6.54 Å². The van der Waals surface area contributed by atoms with Gasteiger partial charge in [-0.2, -0.15) is 0 Å². The van der Waals surface area contributed by atoms with Crippen molar-refractivity contribution in [1.82, 2.24) is 5.32 Å². The molecule has 0 saturated heterocycles. The Morgan fingerprint density at radius 3 is 2.27 bits per heavy atom. The molecule has 0 radical (unpaired) electrons. The fourth-order valence-corrected chi connectivity index (χ4v) is 2.35. The van der Waals surface area contributed by atoms with Gasteiger partial charge in [0.1, 0.15) is 5.75 Å². The quantitative estimate of drug-likeness (QED) is 0.488. The molecule has 0 aromatic heterocycles. The van der Waals surface area contributed by atoms with E-state index in [1.54, 1.807) is 18.2 Å². The highest BCUT2D eigenvalue weighted by atomic mass is 16.3. The van der Waals surface area contributed by atoms with Crippen molar-refractivity contribution in [3.8, 4) is 5.75 Å². The van der Waals surface area contributed by atoms with Crippen molar-refractivity contribution in [2.45, 2.75) is 58.8 Å². The van der Waals surface area contributed by atoms with Crippen LogP contribution in [-0.2, 0) is 4.79 Å². The molecule has 0 spiro atoms. The number of unbranched alkanes of at least 4 members (excludes halogenated alkanes) is 6. The summed E-state index contributed by atoms with van der Waals surface area (Å²) in [6.07, 6.45) is 10.4. The minimum Gasteiger partial charge on any atom is -0.508 e. The number of nitrogens with one attached hydrogen (secondary N) is 1. The summed E-state index contributed by atoms with van der Waals surface area (Å²) < 4.78 is 0. The molecule has 3 nitrogen and oxygen atoms in total. The second-order valence-corrected chi connectivity index (χ2v) is 5.79. The summed E-state index contributed by atoms with van der Waals surface area (Å²) in [7, 11) is 0. The van der Waals surface area contributed by atoms with E-state index in [9.17, 15) is 9.90 Å². The Kier molecular flexibility index (Phi) is 9.04. The molecule has 0 fully saturated rings. The van der Waals surface area contributed by atoms with Crippen molar-refractivity contribution < 1.29 is 9.90 Å². The lowest BCUT2D eigenvalue weighted by molar-refractivity contribution is -0.116. The predicted octanol–water partition coefficient (Wildman–Crippen LogP) is 4.66. The van der Waals surface area contributed by atoms with Crippen LogP contribution in [0.5, 0.6) is 5.75 Å². The molecule has 0 aliphatic carbocycles. The molecule has 1 aromatic carbocycles. The second kappa shape index (κ2) is 10.9. The Morgan fingerprint density at radius 2 is 1.64 bits per heavy atom. The molecule has 0 heterocycles. The van der Waals surface area contributed by atoms with Crippen LogP contribution in [0.1, 0.15) is 64.4 Å². The molecule has 1 rings (SSSR count). The van der Waals surface area contributed by atoms with Crippen LogP contribution >= 0.6 is 0 Å². The molecule has 2 N–H and O–H groups in total. The average Bonchev–Trinajstić information content (AvgIpc) is 2.50. The van der Waals surface area contributed by atoms with Crippen LogP contribution in [0.25, 0.3) is 5.57 Å². The van der Waals surface area contributed by atoms with Crippen LogP contribution in [0, 0.1) is 0 Å². The fourth-order valence-electron chi connectivity index (χ4n) is 2.35. The van der Waals surface area contributed by atoms with E-state index < -0.39 is 0 Å². The summed E-state index contributed by atoms with van der Waals surface area (Å²) in [6.45, 7) is 4.87. The molecule has 1 amide bonds. The maximum absolute atomic E-state index is 11.8. The number of aromatic hydroxyl groups is 1. The van der Waals surface area contributed by atoms with Crippen LogP contribution in [0.4, 0.5) is 0 Å². The maximum Gasteiger partial charge on any atom is 0.244 e. The Labute approximate surface area is 134 Å². The third-order valence-corrected chi connectivity index (χ3v) is 3.75. The van der Waals surface area contributed by atoms with Gasteiger partial charge in [-0.1, -0.05) is 57.6 Å². The van der Waals surface area contributed by atoms with Gasteiger partial charge >= 0.3 is 0 Å². The van der Waals surface area contributed by atoms with E-state index in [0.29, 0.717) is 0 Å². The smallest absolute Gasteiger partial charge is 0.244 e. The first-order valence-corrected chi connectivity index (χ1v) is 8.39. The van der Waals surface area contributed by atoms with E-state index in [2.05, 4.69) is 12.2 Å². The van der Waals surface area contributed by atoms with Gasteiger partial charge in [0.15, 0.2) is 0 Å². The van der Waals surface area contributed by atoms with Crippen molar-refractivity contribution in [1.29, 1.82) is 0 Å². The standard InChI is InChI=1S/C19H29NO2/c1-3-4-5-6-7-8-9-14-20-19(22)15-16(2)17-10-12-18(21)13-11-17/h10-13,15,21H,3-9,14H2,1-2H3,(H,20,22)/b16-15-. The monoisotopic (exact) mass is 303 g/mol. The lowest BCUT2D eigenvalue weighted by atomic mass is 10.1. The molecule has 22 heavy (non-hydrogen) atoms. The number of benzene rings is 1. The summed E-state index contributed by atoms with van der Waals surface area (Å²) in [6, 6.07) is 6.88. The lowest BCUT2D eigenvalue weighted by Crippen LogP contribution is -2.22. The molecule has 0 saturated carbocycles. The van der Waals surface area contributed by atoms with Crippen molar-refractivity contribution >= 4 is 11.5 Å². The van der Waals surface area contributed by atoms with Gasteiger partial charge in [-0.25, -0.2) is 0 Å². The lowest BCUT2D eigenvalue weighted by Gasteiger charge is -2.05. The van der Waals surface area contributed by atoms with Gasteiger partial charge in [0.05, 0.1) is 0 Å². The molecule has 0 atom stereocenters.